The van der Waals surface area contributed by atoms with Gasteiger partial charge in [-0.2, -0.15) is 0 Å². The summed E-state index contributed by atoms with van der Waals surface area (Å²) in [5.74, 6) is -0.745. The Morgan fingerprint density at radius 2 is 1.74 bits per heavy atom. The maximum absolute atomic E-state index is 13.7. The predicted molar refractivity (Wildman–Crippen MR) is 135 cm³/mol. The Kier molecular flexibility index (Phi) is 6.49. The molecule has 0 saturated heterocycles. The molecule has 174 valence electrons. The lowest BCUT2D eigenvalue weighted by Crippen LogP contribution is -2.28. The molecule has 2 heterocycles. The number of allylic oxidation sites excluding steroid dienone is 1. The second kappa shape index (κ2) is 9.35. The average molecular weight is 475 g/mol. The lowest BCUT2D eigenvalue weighted by Gasteiger charge is -2.26. The van der Waals surface area contributed by atoms with E-state index >= 15 is 0 Å². The van der Waals surface area contributed by atoms with Gasteiger partial charge in [0.25, 0.3) is 5.91 Å². The molecule has 2 aromatic carbocycles. The first-order valence-corrected chi connectivity index (χ1v) is 11.5. The number of carbonyl (C=O) groups is 2. The lowest BCUT2D eigenvalue weighted by atomic mass is 10.0. The van der Waals surface area contributed by atoms with Crippen molar-refractivity contribution in [2.75, 3.05) is 7.11 Å². The Morgan fingerprint density at radius 1 is 1.03 bits per heavy atom. The van der Waals surface area contributed by atoms with E-state index in [2.05, 4.69) is 4.57 Å². The van der Waals surface area contributed by atoms with Gasteiger partial charge in [0, 0.05) is 27.8 Å². The summed E-state index contributed by atoms with van der Waals surface area (Å²) in [7, 11) is 1.33. The standard InChI is InChI=1S/C28H27ClN2O3/c1-17-14-22(19(3)30(17)24-13-9-12-23(29)16-24)15-25-26(28(33)34-5)20(4)31(27(25)32)18(2)21-10-7-6-8-11-21/h6-16,18H,1-5H3/b25-15-/t18-/m0/s1. The highest BCUT2D eigenvalue weighted by atomic mass is 35.5. The Balaban J connectivity index is 1.82. The smallest absolute Gasteiger partial charge is 0.340 e. The van der Waals surface area contributed by atoms with Gasteiger partial charge in [-0.3, -0.25) is 4.79 Å². The van der Waals surface area contributed by atoms with Crippen LogP contribution < -0.4 is 0 Å². The van der Waals surface area contributed by atoms with Crippen molar-refractivity contribution in [3.05, 3.63) is 105 Å². The summed E-state index contributed by atoms with van der Waals surface area (Å²) in [6.45, 7) is 7.73. The van der Waals surface area contributed by atoms with Crippen LogP contribution in [0.25, 0.3) is 11.8 Å². The monoisotopic (exact) mass is 474 g/mol. The van der Waals surface area contributed by atoms with E-state index in [0.29, 0.717) is 21.9 Å². The number of rotatable bonds is 5. The number of methoxy groups -OCH3 is 1. The number of amides is 1. The molecule has 6 heteroatoms. The third-order valence-electron chi connectivity index (χ3n) is 6.34. The molecule has 0 aliphatic carbocycles. The maximum atomic E-state index is 13.7. The molecule has 5 nitrogen and oxygen atoms in total. The number of esters is 1. The minimum absolute atomic E-state index is 0.221. The molecule has 0 bridgehead atoms. The molecule has 3 aromatic rings. The van der Waals surface area contributed by atoms with Gasteiger partial charge in [0.05, 0.1) is 24.3 Å². The molecule has 1 amide bonds. The van der Waals surface area contributed by atoms with Crippen molar-refractivity contribution in [2.24, 2.45) is 0 Å². The Bertz CT molecular complexity index is 1330. The molecule has 1 atom stereocenters. The van der Waals surface area contributed by atoms with Crippen LogP contribution in [0.4, 0.5) is 0 Å². The maximum Gasteiger partial charge on any atom is 0.340 e. The van der Waals surface area contributed by atoms with Crippen LogP contribution in [0.1, 0.15) is 42.4 Å². The van der Waals surface area contributed by atoms with E-state index in [1.807, 2.05) is 81.4 Å². The fourth-order valence-electron chi connectivity index (χ4n) is 4.65. The van der Waals surface area contributed by atoms with Crippen molar-refractivity contribution in [3.63, 3.8) is 0 Å². The molecule has 0 radical (unpaired) electrons. The zero-order valence-electron chi connectivity index (χ0n) is 19.9. The van der Waals surface area contributed by atoms with Crippen molar-refractivity contribution in [3.8, 4) is 5.69 Å². The van der Waals surface area contributed by atoms with E-state index in [9.17, 15) is 9.59 Å². The summed E-state index contributed by atoms with van der Waals surface area (Å²) in [4.78, 5) is 28.1. The normalized spacial score (nSPS) is 15.9. The van der Waals surface area contributed by atoms with E-state index in [4.69, 9.17) is 16.3 Å². The first-order valence-electron chi connectivity index (χ1n) is 11.1. The number of halogens is 1. The Hall–Kier alpha value is -3.57. The minimum Gasteiger partial charge on any atom is -0.465 e. The van der Waals surface area contributed by atoms with Crippen molar-refractivity contribution in [1.29, 1.82) is 0 Å². The van der Waals surface area contributed by atoms with Gasteiger partial charge in [0.15, 0.2) is 0 Å². The number of benzene rings is 2. The summed E-state index contributed by atoms with van der Waals surface area (Å²) in [5, 5.41) is 0.646. The first-order chi connectivity index (χ1) is 16.2. The predicted octanol–water partition coefficient (Wildman–Crippen LogP) is 6.18. The van der Waals surface area contributed by atoms with Crippen molar-refractivity contribution < 1.29 is 14.3 Å². The SMILES string of the molecule is COC(=O)C1=C(C)N([C@@H](C)c2ccccc2)C(=O)/C1=C\c1cc(C)n(-c2cccc(Cl)c2)c1C. The van der Waals surface area contributed by atoms with Gasteiger partial charge in [-0.1, -0.05) is 48.0 Å². The number of aromatic nitrogens is 1. The third kappa shape index (κ3) is 4.08. The molecule has 4 rings (SSSR count). The van der Waals surface area contributed by atoms with Crippen molar-refractivity contribution in [1.82, 2.24) is 9.47 Å². The molecule has 0 unspecified atom stereocenters. The molecular formula is C28H27ClN2O3. The van der Waals surface area contributed by atoms with Crippen molar-refractivity contribution >= 4 is 29.6 Å². The first kappa shape index (κ1) is 23.6. The van der Waals surface area contributed by atoms with Gasteiger partial charge in [-0.25, -0.2) is 4.79 Å². The molecule has 0 saturated carbocycles. The molecule has 34 heavy (non-hydrogen) atoms. The summed E-state index contributed by atoms with van der Waals surface area (Å²) in [6, 6.07) is 19.1. The molecule has 1 aromatic heterocycles. The summed E-state index contributed by atoms with van der Waals surface area (Å²) >= 11 is 6.21. The number of hydrogen-bond acceptors (Lipinski definition) is 3. The van der Waals surface area contributed by atoms with E-state index in [1.165, 1.54) is 7.11 Å². The summed E-state index contributed by atoms with van der Waals surface area (Å²) in [5.41, 5.74) is 5.92. The van der Waals surface area contributed by atoms with Gasteiger partial charge < -0.3 is 14.2 Å². The quantitative estimate of drug-likeness (QED) is 0.327. The second-order valence-corrected chi connectivity index (χ2v) is 8.85. The molecule has 0 N–H and O–H groups in total. The molecule has 0 spiro atoms. The van der Waals surface area contributed by atoms with Gasteiger partial charge >= 0.3 is 5.97 Å². The van der Waals surface area contributed by atoms with Crippen LogP contribution in [0.5, 0.6) is 0 Å². The minimum atomic E-state index is -0.525. The van der Waals surface area contributed by atoms with E-state index < -0.39 is 5.97 Å². The summed E-state index contributed by atoms with van der Waals surface area (Å²) in [6.07, 6.45) is 1.79. The van der Waals surface area contributed by atoms with Crippen LogP contribution in [0, 0.1) is 13.8 Å². The zero-order valence-corrected chi connectivity index (χ0v) is 20.7. The average Bonchev–Trinajstić information content (AvgIpc) is 3.24. The number of nitrogens with zero attached hydrogens (tertiary/aromatic N) is 2. The Labute approximate surface area is 204 Å². The molecular weight excluding hydrogens is 448 g/mol. The van der Waals surface area contributed by atoms with Gasteiger partial charge in [0.1, 0.15) is 0 Å². The summed E-state index contributed by atoms with van der Waals surface area (Å²) < 4.78 is 7.14. The van der Waals surface area contributed by atoms with Crippen LogP contribution >= 0.6 is 11.6 Å². The third-order valence-corrected chi connectivity index (χ3v) is 6.57. The van der Waals surface area contributed by atoms with E-state index in [0.717, 1.165) is 28.2 Å². The number of hydrogen-bond donors (Lipinski definition) is 0. The van der Waals surface area contributed by atoms with Crippen LogP contribution in [0.3, 0.4) is 0 Å². The topological polar surface area (TPSA) is 51.5 Å². The van der Waals surface area contributed by atoms with E-state index in [-0.39, 0.29) is 11.9 Å². The second-order valence-electron chi connectivity index (χ2n) is 8.41. The number of carbonyl (C=O) groups excluding carboxylic acids is 2. The van der Waals surface area contributed by atoms with Gasteiger partial charge in [-0.05, 0) is 69.2 Å². The van der Waals surface area contributed by atoms with Crippen LogP contribution in [0.15, 0.2) is 77.5 Å². The zero-order chi connectivity index (χ0) is 24.6. The van der Waals surface area contributed by atoms with Gasteiger partial charge in [0.2, 0.25) is 0 Å². The van der Waals surface area contributed by atoms with Crippen LogP contribution in [0.2, 0.25) is 5.02 Å². The number of ether oxygens (including phenoxy) is 1. The lowest BCUT2D eigenvalue weighted by molar-refractivity contribution is -0.136. The van der Waals surface area contributed by atoms with E-state index in [1.54, 1.807) is 17.9 Å². The van der Waals surface area contributed by atoms with Crippen LogP contribution in [-0.4, -0.2) is 28.5 Å². The fourth-order valence-corrected chi connectivity index (χ4v) is 4.83. The Morgan fingerprint density at radius 3 is 2.38 bits per heavy atom. The molecule has 1 aliphatic rings. The molecule has 1 aliphatic heterocycles. The highest BCUT2D eigenvalue weighted by molar-refractivity contribution is 6.30. The highest BCUT2D eigenvalue weighted by Gasteiger charge is 2.39. The van der Waals surface area contributed by atoms with Crippen LogP contribution in [-0.2, 0) is 14.3 Å². The van der Waals surface area contributed by atoms with Gasteiger partial charge in [-0.15, -0.1) is 0 Å². The fraction of sp³-hybridized carbons (Fsp3) is 0.214. The number of aryl methyl sites for hydroxylation is 1. The highest BCUT2D eigenvalue weighted by Crippen LogP contribution is 2.38. The largest absolute Gasteiger partial charge is 0.465 e. The molecule has 0 fully saturated rings. The van der Waals surface area contributed by atoms with Crippen molar-refractivity contribution in [2.45, 2.75) is 33.7 Å².